The number of hydrogen-bond donors (Lipinski definition) is 3. The number of carbonyl (C=O) groups is 1. The van der Waals surface area contributed by atoms with Crippen molar-refractivity contribution in [1.82, 2.24) is 0 Å². The third kappa shape index (κ3) is 2.21. The van der Waals surface area contributed by atoms with Gasteiger partial charge in [-0.15, -0.1) is 0 Å². The summed E-state index contributed by atoms with van der Waals surface area (Å²) in [6.45, 7) is -0.216. The number of halogens is 2. The van der Waals surface area contributed by atoms with Crippen molar-refractivity contribution in [3.63, 3.8) is 0 Å². The average molecular weight is 243 g/mol. The van der Waals surface area contributed by atoms with Gasteiger partial charge in [-0.25, -0.2) is 13.6 Å². The van der Waals surface area contributed by atoms with Gasteiger partial charge in [0.2, 0.25) is 0 Å². The van der Waals surface area contributed by atoms with E-state index in [0.717, 1.165) is 12.1 Å². The van der Waals surface area contributed by atoms with Crippen LogP contribution >= 0.6 is 0 Å². The Morgan fingerprint density at radius 1 is 1.35 bits per heavy atom. The number of carboxylic acid groups (broad SMARTS) is 1. The molecule has 0 aliphatic heterocycles. The van der Waals surface area contributed by atoms with Gasteiger partial charge in [-0.1, -0.05) is 0 Å². The van der Waals surface area contributed by atoms with E-state index in [2.05, 4.69) is 5.32 Å². The summed E-state index contributed by atoms with van der Waals surface area (Å²) in [5.41, 5.74) is -1.49. The summed E-state index contributed by atoms with van der Waals surface area (Å²) >= 11 is 0. The van der Waals surface area contributed by atoms with Crippen LogP contribution in [0.15, 0.2) is 12.1 Å². The van der Waals surface area contributed by atoms with Gasteiger partial charge in [0.05, 0.1) is 17.7 Å². The molecule has 1 aliphatic carbocycles. The highest BCUT2D eigenvalue weighted by Crippen LogP contribution is 2.39. The van der Waals surface area contributed by atoms with Gasteiger partial charge in [0, 0.05) is 0 Å². The molecule has 4 nitrogen and oxygen atoms in total. The molecule has 6 heteroatoms. The van der Waals surface area contributed by atoms with E-state index >= 15 is 0 Å². The van der Waals surface area contributed by atoms with E-state index in [0.29, 0.717) is 12.8 Å². The molecule has 1 saturated carbocycles. The smallest absolute Gasteiger partial charge is 0.335 e. The van der Waals surface area contributed by atoms with E-state index in [9.17, 15) is 13.6 Å². The van der Waals surface area contributed by atoms with Crippen LogP contribution in [-0.2, 0) is 0 Å². The molecule has 1 aromatic carbocycles. The van der Waals surface area contributed by atoms with Crippen molar-refractivity contribution in [3.8, 4) is 0 Å². The predicted octanol–water partition coefficient (Wildman–Crippen LogP) is 1.60. The van der Waals surface area contributed by atoms with Crippen LogP contribution in [0, 0.1) is 11.6 Å². The zero-order valence-electron chi connectivity index (χ0n) is 8.83. The molecule has 0 bridgehead atoms. The Kier molecular flexibility index (Phi) is 2.74. The molecular formula is C11H11F2NO3. The van der Waals surface area contributed by atoms with E-state index in [1.807, 2.05) is 0 Å². The second kappa shape index (κ2) is 3.96. The molecule has 0 saturated heterocycles. The lowest BCUT2D eigenvalue weighted by Gasteiger charge is -2.17. The monoisotopic (exact) mass is 243 g/mol. The Balaban J connectivity index is 2.32. The van der Waals surface area contributed by atoms with Crippen LogP contribution in [0.4, 0.5) is 14.5 Å². The highest BCUT2D eigenvalue weighted by Gasteiger charge is 2.43. The quantitative estimate of drug-likeness (QED) is 0.751. The lowest BCUT2D eigenvalue weighted by atomic mass is 10.1. The molecule has 0 aromatic heterocycles. The number of carboxylic acids is 1. The molecule has 0 atom stereocenters. The van der Waals surface area contributed by atoms with Crippen LogP contribution in [0.25, 0.3) is 0 Å². The van der Waals surface area contributed by atoms with Crippen molar-refractivity contribution in [2.24, 2.45) is 0 Å². The fraction of sp³-hybridized carbons (Fsp3) is 0.364. The summed E-state index contributed by atoms with van der Waals surface area (Å²) in [7, 11) is 0. The van der Waals surface area contributed by atoms with Crippen molar-refractivity contribution in [3.05, 3.63) is 29.3 Å². The number of aromatic carboxylic acids is 1. The van der Waals surface area contributed by atoms with Crippen LogP contribution in [0.2, 0.25) is 0 Å². The summed E-state index contributed by atoms with van der Waals surface area (Å²) in [5.74, 6) is -3.33. The minimum absolute atomic E-state index is 0.216. The molecule has 0 spiro atoms. The maximum absolute atomic E-state index is 13.5. The Morgan fingerprint density at radius 2 is 1.88 bits per heavy atom. The maximum Gasteiger partial charge on any atom is 0.335 e. The first-order valence-corrected chi connectivity index (χ1v) is 5.09. The van der Waals surface area contributed by atoms with E-state index in [1.165, 1.54) is 0 Å². The van der Waals surface area contributed by atoms with Crippen molar-refractivity contribution < 1.29 is 23.8 Å². The molecule has 3 N–H and O–H groups in total. The Morgan fingerprint density at radius 3 is 2.24 bits per heavy atom. The molecule has 0 unspecified atom stereocenters. The molecule has 0 amide bonds. The van der Waals surface area contributed by atoms with Gasteiger partial charge in [0.15, 0.2) is 0 Å². The van der Waals surface area contributed by atoms with Crippen LogP contribution in [0.5, 0.6) is 0 Å². The number of rotatable bonds is 4. The standard InChI is InChI=1S/C11H11F2NO3/c12-7-3-6(10(16)17)4-8(13)9(7)14-11(5-15)1-2-11/h3-4,14-15H,1-2,5H2,(H,16,17). The van der Waals surface area contributed by atoms with Crippen LogP contribution in [0.1, 0.15) is 23.2 Å². The van der Waals surface area contributed by atoms with Crippen LogP contribution in [0.3, 0.4) is 0 Å². The minimum Gasteiger partial charge on any atom is -0.478 e. The highest BCUT2D eigenvalue weighted by molar-refractivity contribution is 5.88. The molecule has 1 fully saturated rings. The predicted molar refractivity (Wildman–Crippen MR) is 56.0 cm³/mol. The van der Waals surface area contributed by atoms with E-state index in [-0.39, 0.29) is 12.3 Å². The fourth-order valence-corrected chi connectivity index (χ4v) is 1.55. The second-order valence-electron chi connectivity index (χ2n) is 4.18. The number of aliphatic hydroxyl groups is 1. The Hall–Kier alpha value is -1.69. The summed E-state index contributed by atoms with van der Waals surface area (Å²) in [4.78, 5) is 10.6. The summed E-state index contributed by atoms with van der Waals surface area (Å²) in [6.07, 6.45) is 1.26. The van der Waals surface area contributed by atoms with Crippen molar-refractivity contribution in [1.29, 1.82) is 0 Å². The third-order valence-electron chi connectivity index (χ3n) is 2.84. The SMILES string of the molecule is O=C(O)c1cc(F)c(NC2(CO)CC2)c(F)c1. The van der Waals surface area contributed by atoms with Gasteiger partial charge >= 0.3 is 5.97 Å². The molecule has 1 aromatic rings. The zero-order chi connectivity index (χ0) is 12.6. The Labute approximate surface area is 95.9 Å². The fourth-order valence-electron chi connectivity index (χ4n) is 1.55. The van der Waals surface area contributed by atoms with Gasteiger partial charge < -0.3 is 15.5 Å². The minimum atomic E-state index is -1.39. The van der Waals surface area contributed by atoms with E-state index in [1.54, 1.807) is 0 Å². The van der Waals surface area contributed by atoms with E-state index < -0.39 is 28.7 Å². The summed E-state index contributed by atoms with van der Waals surface area (Å²) < 4.78 is 27.0. The lowest BCUT2D eigenvalue weighted by molar-refractivity contribution is 0.0696. The zero-order valence-corrected chi connectivity index (χ0v) is 8.83. The normalized spacial score (nSPS) is 16.6. The molecule has 92 valence electrons. The van der Waals surface area contributed by atoms with Crippen molar-refractivity contribution in [2.45, 2.75) is 18.4 Å². The molecule has 2 rings (SSSR count). The number of benzene rings is 1. The Bertz CT molecular complexity index is 449. The van der Waals surface area contributed by atoms with Crippen LogP contribution in [-0.4, -0.2) is 28.3 Å². The van der Waals surface area contributed by atoms with Gasteiger partial charge in [0.1, 0.15) is 17.3 Å². The van der Waals surface area contributed by atoms with E-state index in [4.69, 9.17) is 10.2 Å². The van der Waals surface area contributed by atoms with Gasteiger partial charge in [-0.05, 0) is 25.0 Å². The van der Waals surface area contributed by atoms with Crippen molar-refractivity contribution >= 4 is 11.7 Å². The first-order chi connectivity index (χ1) is 7.97. The van der Waals surface area contributed by atoms with Gasteiger partial charge in [0.25, 0.3) is 0 Å². The summed E-state index contributed by atoms with van der Waals surface area (Å²) in [5, 5.41) is 20.3. The number of aliphatic hydroxyl groups excluding tert-OH is 1. The van der Waals surface area contributed by atoms with Gasteiger partial charge in [-0.3, -0.25) is 0 Å². The van der Waals surface area contributed by atoms with Crippen molar-refractivity contribution in [2.75, 3.05) is 11.9 Å². The summed E-state index contributed by atoms with van der Waals surface area (Å²) in [6, 6.07) is 1.50. The molecule has 0 heterocycles. The topological polar surface area (TPSA) is 69.6 Å². The highest BCUT2D eigenvalue weighted by atomic mass is 19.1. The molecule has 17 heavy (non-hydrogen) atoms. The third-order valence-corrected chi connectivity index (χ3v) is 2.84. The van der Waals surface area contributed by atoms with Crippen LogP contribution < -0.4 is 5.32 Å². The number of anilines is 1. The first-order valence-electron chi connectivity index (χ1n) is 5.09. The average Bonchev–Trinajstić information content (AvgIpc) is 3.03. The lowest BCUT2D eigenvalue weighted by Crippen LogP contribution is -2.27. The van der Waals surface area contributed by atoms with Gasteiger partial charge in [-0.2, -0.15) is 0 Å². The molecular weight excluding hydrogens is 232 g/mol. The second-order valence-corrected chi connectivity index (χ2v) is 4.18. The largest absolute Gasteiger partial charge is 0.478 e. The molecule has 1 aliphatic rings. The molecule has 0 radical (unpaired) electrons. The number of nitrogens with one attached hydrogen (secondary N) is 1. The number of hydrogen-bond acceptors (Lipinski definition) is 3. The maximum atomic E-state index is 13.5. The first kappa shape index (κ1) is 11.8.